The number of guanidine groups is 1. The Morgan fingerprint density at radius 2 is 2.22 bits per heavy atom. The van der Waals surface area contributed by atoms with Crippen LogP contribution in [0.2, 0.25) is 0 Å². The van der Waals surface area contributed by atoms with E-state index in [1.807, 2.05) is 24.9 Å². The summed E-state index contributed by atoms with van der Waals surface area (Å²) in [5.41, 5.74) is 1.14. The maximum absolute atomic E-state index is 5.10. The summed E-state index contributed by atoms with van der Waals surface area (Å²) in [6, 6.07) is 12.6. The van der Waals surface area contributed by atoms with Crippen LogP contribution in [0.5, 0.6) is 0 Å². The largest absolute Gasteiger partial charge is 0.472 e. The second-order valence-electron chi connectivity index (χ2n) is 5.76. The molecule has 4 nitrogen and oxygen atoms in total. The zero-order chi connectivity index (χ0) is 15.9. The molecule has 1 N–H and O–H groups in total. The summed E-state index contributed by atoms with van der Waals surface area (Å²) < 4.78 is 5.10. The SMILES string of the molecule is CN=C(NCc1ccoc1)N1CCC(CSc2ccccc2)C1. The van der Waals surface area contributed by atoms with Crippen LogP contribution in [0.25, 0.3) is 0 Å². The Morgan fingerprint density at radius 1 is 1.35 bits per heavy atom. The van der Waals surface area contributed by atoms with Gasteiger partial charge in [-0.1, -0.05) is 18.2 Å². The first kappa shape index (κ1) is 16.0. The predicted octanol–water partition coefficient (Wildman–Crippen LogP) is 3.47. The molecular formula is C18H23N3OS. The van der Waals surface area contributed by atoms with Gasteiger partial charge in [-0.05, 0) is 30.5 Å². The molecule has 2 heterocycles. The average Bonchev–Trinajstić information content (AvgIpc) is 3.26. The molecule has 1 saturated heterocycles. The van der Waals surface area contributed by atoms with Crippen molar-refractivity contribution in [2.75, 3.05) is 25.9 Å². The molecular weight excluding hydrogens is 306 g/mol. The minimum Gasteiger partial charge on any atom is -0.472 e. The molecule has 2 aromatic rings. The molecule has 1 aromatic heterocycles. The van der Waals surface area contributed by atoms with E-state index in [2.05, 4.69) is 45.5 Å². The third-order valence-corrected chi connectivity index (χ3v) is 5.30. The van der Waals surface area contributed by atoms with E-state index in [0.29, 0.717) is 5.92 Å². The highest BCUT2D eigenvalue weighted by atomic mass is 32.2. The lowest BCUT2D eigenvalue weighted by molar-refractivity contribution is 0.474. The van der Waals surface area contributed by atoms with Gasteiger partial charge in [-0.2, -0.15) is 0 Å². The number of aliphatic imine (C=N–C) groups is 1. The topological polar surface area (TPSA) is 40.8 Å². The van der Waals surface area contributed by atoms with Gasteiger partial charge in [0.05, 0.1) is 12.5 Å². The van der Waals surface area contributed by atoms with Crippen molar-refractivity contribution < 1.29 is 4.42 Å². The van der Waals surface area contributed by atoms with Crippen molar-refractivity contribution in [1.29, 1.82) is 0 Å². The molecule has 0 amide bonds. The van der Waals surface area contributed by atoms with Crippen LogP contribution in [0.15, 0.2) is 63.2 Å². The fraction of sp³-hybridized carbons (Fsp3) is 0.389. The summed E-state index contributed by atoms with van der Waals surface area (Å²) in [6.45, 7) is 2.90. The third-order valence-electron chi connectivity index (χ3n) is 4.06. The zero-order valence-electron chi connectivity index (χ0n) is 13.4. The number of benzene rings is 1. The van der Waals surface area contributed by atoms with Crippen LogP contribution in [-0.4, -0.2) is 36.7 Å². The van der Waals surface area contributed by atoms with Crippen LogP contribution in [-0.2, 0) is 6.54 Å². The van der Waals surface area contributed by atoms with Crippen LogP contribution in [0, 0.1) is 5.92 Å². The molecule has 23 heavy (non-hydrogen) atoms. The van der Waals surface area contributed by atoms with E-state index in [9.17, 15) is 0 Å². The van der Waals surface area contributed by atoms with Crippen molar-refractivity contribution in [3.05, 3.63) is 54.5 Å². The summed E-state index contributed by atoms with van der Waals surface area (Å²) in [5, 5.41) is 3.42. The number of hydrogen-bond donors (Lipinski definition) is 1. The highest BCUT2D eigenvalue weighted by Crippen LogP contribution is 2.25. The van der Waals surface area contributed by atoms with Crippen molar-refractivity contribution >= 4 is 17.7 Å². The zero-order valence-corrected chi connectivity index (χ0v) is 14.3. The number of hydrogen-bond acceptors (Lipinski definition) is 3. The Labute approximate surface area is 142 Å². The second kappa shape index (κ2) is 8.11. The normalized spacial score (nSPS) is 18.4. The van der Waals surface area contributed by atoms with Gasteiger partial charge in [0.2, 0.25) is 0 Å². The Balaban J connectivity index is 1.46. The van der Waals surface area contributed by atoms with Crippen molar-refractivity contribution in [2.24, 2.45) is 10.9 Å². The molecule has 1 aromatic carbocycles. The van der Waals surface area contributed by atoms with Crippen LogP contribution in [0.4, 0.5) is 0 Å². The van der Waals surface area contributed by atoms with E-state index in [-0.39, 0.29) is 0 Å². The smallest absolute Gasteiger partial charge is 0.193 e. The number of nitrogens with one attached hydrogen (secondary N) is 1. The Hall–Kier alpha value is -1.88. The first-order valence-electron chi connectivity index (χ1n) is 7.99. The second-order valence-corrected chi connectivity index (χ2v) is 6.85. The monoisotopic (exact) mass is 329 g/mol. The molecule has 0 saturated carbocycles. The van der Waals surface area contributed by atoms with Crippen molar-refractivity contribution in [3.8, 4) is 0 Å². The third kappa shape index (κ3) is 4.55. The van der Waals surface area contributed by atoms with Gasteiger partial charge in [-0.25, -0.2) is 0 Å². The lowest BCUT2D eigenvalue weighted by Gasteiger charge is -2.21. The fourth-order valence-corrected chi connectivity index (χ4v) is 3.85. The highest BCUT2D eigenvalue weighted by Gasteiger charge is 2.24. The summed E-state index contributed by atoms with van der Waals surface area (Å²) >= 11 is 1.95. The molecule has 0 radical (unpaired) electrons. The van der Waals surface area contributed by atoms with Gasteiger partial charge in [0.25, 0.3) is 0 Å². The van der Waals surface area contributed by atoms with Gasteiger partial charge >= 0.3 is 0 Å². The molecule has 0 aliphatic carbocycles. The molecule has 0 spiro atoms. The maximum Gasteiger partial charge on any atom is 0.193 e. The van der Waals surface area contributed by atoms with Crippen LogP contribution >= 0.6 is 11.8 Å². The van der Waals surface area contributed by atoms with Gasteiger partial charge in [0.1, 0.15) is 0 Å². The molecule has 5 heteroatoms. The standard InChI is InChI=1S/C18H23N3OS/c1-19-18(20-11-15-8-10-22-13-15)21-9-7-16(12-21)14-23-17-5-3-2-4-6-17/h2-6,8,10,13,16H,7,9,11-12,14H2,1H3,(H,19,20). The minimum absolute atomic E-state index is 0.715. The lowest BCUT2D eigenvalue weighted by atomic mass is 10.2. The van der Waals surface area contributed by atoms with Gasteiger partial charge in [0.15, 0.2) is 5.96 Å². The highest BCUT2D eigenvalue weighted by molar-refractivity contribution is 7.99. The molecule has 1 aliphatic heterocycles. The van der Waals surface area contributed by atoms with Crippen molar-refractivity contribution in [2.45, 2.75) is 17.9 Å². The summed E-state index contributed by atoms with van der Waals surface area (Å²) in [5.74, 6) is 2.87. The van der Waals surface area contributed by atoms with Crippen molar-refractivity contribution in [1.82, 2.24) is 10.2 Å². The molecule has 1 fully saturated rings. The molecule has 1 unspecified atom stereocenters. The number of nitrogens with zero attached hydrogens (tertiary/aromatic N) is 2. The van der Waals surface area contributed by atoms with Crippen LogP contribution in [0.1, 0.15) is 12.0 Å². The van der Waals surface area contributed by atoms with E-state index in [0.717, 1.165) is 31.2 Å². The van der Waals surface area contributed by atoms with Crippen molar-refractivity contribution in [3.63, 3.8) is 0 Å². The van der Waals surface area contributed by atoms with E-state index in [4.69, 9.17) is 4.42 Å². The van der Waals surface area contributed by atoms with E-state index in [1.165, 1.54) is 17.1 Å². The van der Waals surface area contributed by atoms with E-state index >= 15 is 0 Å². The summed E-state index contributed by atoms with van der Waals surface area (Å²) in [6.07, 6.45) is 4.70. The van der Waals surface area contributed by atoms with Crippen LogP contribution in [0.3, 0.4) is 0 Å². The molecule has 1 atom stereocenters. The van der Waals surface area contributed by atoms with Gasteiger partial charge < -0.3 is 14.6 Å². The quantitative estimate of drug-likeness (QED) is 0.518. The van der Waals surface area contributed by atoms with Gasteiger partial charge in [-0.15, -0.1) is 11.8 Å². The van der Waals surface area contributed by atoms with Crippen LogP contribution < -0.4 is 5.32 Å². The molecule has 3 rings (SSSR count). The number of likely N-dealkylation sites (tertiary alicyclic amines) is 1. The maximum atomic E-state index is 5.10. The minimum atomic E-state index is 0.715. The number of rotatable bonds is 5. The Bertz CT molecular complexity index is 612. The van der Waals surface area contributed by atoms with Gasteiger partial charge in [0, 0.05) is 42.9 Å². The van der Waals surface area contributed by atoms with E-state index < -0.39 is 0 Å². The lowest BCUT2D eigenvalue weighted by Crippen LogP contribution is -2.39. The Kier molecular flexibility index (Phi) is 5.64. The average molecular weight is 329 g/mol. The van der Waals surface area contributed by atoms with E-state index in [1.54, 1.807) is 12.5 Å². The van der Waals surface area contributed by atoms with Gasteiger partial charge in [-0.3, -0.25) is 4.99 Å². The number of furan rings is 1. The summed E-state index contributed by atoms with van der Waals surface area (Å²) in [7, 11) is 1.85. The summed E-state index contributed by atoms with van der Waals surface area (Å²) in [4.78, 5) is 8.13. The molecule has 1 aliphatic rings. The first-order valence-corrected chi connectivity index (χ1v) is 8.98. The molecule has 122 valence electrons. The predicted molar refractivity (Wildman–Crippen MR) is 95.8 cm³/mol. The number of thioether (sulfide) groups is 1. The fourth-order valence-electron chi connectivity index (χ4n) is 2.80. The molecule has 0 bridgehead atoms. The first-order chi connectivity index (χ1) is 11.3. The Morgan fingerprint density at radius 3 is 2.96 bits per heavy atom.